The van der Waals surface area contributed by atoms with Crippen molar-refractivity contribution in [1.29, 1.82) is 0 Å². The van der Waals surface area contributed by atoms with Gasteiger partial charge in [-0.25, -0.2) is 8.78 Å². The highest BCUT2D eigenvalue weighted by molar-refractivity contribution is 6.07. The smallest absolute Gasteiger partial charge is 0.152 e. The first-order valence-corrected chi connectivity index (χ1v) is 5.62. The summed E-state index contributed by atoms with van der Waals surface area (Å²) in [6.07, 6.45) is 2.09. The summed E-state index contributed by atoms with van der Waals surface area (Å²) in [6, 6.07) is 12.1. The molecule has 2 aromatic rings. The van der Waals surface area contributed by atoms with Gasteiger partial charge in [-0.3, -0.25) is 4.79 Å². The highest BCUT2D eigenvalue weighted by Crippen LogP contribution is 2.15. The summed E-state index contributed by atoms with van der Waals surface area (Å²) < 4.78 is 26.0. The van der Waals surface area contributed by atoms with Gasteiger partial charge in [-0.05, 0) is 17.7 Å². The van der Waals surface area contributed by atoms with Crippen LogP contribution >= 0.6 is 0 Å². The van der Waals surface area contributed by atoms with Crippen LogP contribution in [0.2, 0.25) is 0 Å². The van der Waals surface area contributed by atoms with Crippen molar-refractivity contribution < 1.29 is 13.6 Å². The van der Waals surface area contributed by atoms with Crippen LogP contribution in [0.4, 0.5) is 14.5 Å². The van der Waals surface area contributed by atoms with Crippen LogP contribution in [0.15, 0.2) is 54.7 Å². The van der Waals surface area contributed by atoms with Crippen molar-refractivity contribution in [3.8, 4) is 0 Å². The molecule has 0 atom stereocenters. The Labute approximate surface area is 109 Å². The molecule has 0 bridgehead atoms. The van der Waals surface area contributed by atoms with Crippen molar-refractivity contribution in [3.63, 3.8) is 0 Å². The third kappa shape index (κ3) is 3.48. The van der Waals surface area contributed by atoms with Crippen LogP contribution in [0.5, 0.6) is 0 Å². The highest BCUT2D eigenvalue weighted by atomic mass is 19.1. The summed E-state index contributed by atoms with van der Waals surface area (Å²) in [5.74, 6) is -1.36. The molecule has 0 saturated heterocycles. The number of anilines is 1. The molecule has 0 saturated carbocycles. The topological polar surface area (TPSA) is 29.1 Å². The van der Waals surface area contributed by atoms with E-state index in [-0.39, 0.29) is 5.69 Å². The Morgan fingerprint density at radius 3 is 2.21 bits per heavy atom. The van der Waals surface area contributed by atoms with Crippen LogP contribution < -0.4 is 5.32 Å². The first kappa shape index (κ1) is 13.0. The quantitative estimate of drug-likeness (QED) is 0.671. The van der Waals surface area contributed by atoms with E-state index in [1.807, 2.05) is 6.07 Å². The summed E-state index contributed by atoms with van der Waals surface area (Å²) in [5, 5.41) is 2.70. The second-order valence-electron chi connectivity index (χ2n) is 3.89. The summed E-state index contributed by atoms with van der Waals surface area (Å²) in [4.78, 5) is 11.0. The van der Waals surface area contributed by atoms with E-state index in [0.29, 0.717) is 11.9 Å². The van der Waals surface area contributed by atoms with Crippen LogP contribution in [-0.4, -0.2) is 6.29 Å². The SMILES string of the molecule is O=CC(=CNc1cc(F)cc(F)c1)c1ccccc1. The van der Waals surface area contributed by atoms with Gasteiger partial charge >= 0.3 is 0 Å². The van der Waals surface area contributed by atoms with E-state index in [9.17, 15) is 13.6 Å². The Balaban J connectivity index is 2.23. The summed E-state index contributed by atoms with van der Waals surface area (Å²) in [7, 11) is 0. The Kier molecular flexibility index (Phi) is 4.03. The molecule has 0 aliphatic carbocycles. The maximum Gasteiger partial charge on any atom is 0.152 e. The molecule has 2 aromatic carbocycles. The van der Waals surface area contributed by atoms with E-state index in [0.717, 1.165) is 23.8 Å². The fourth-order valence-corrected chi connectivity index (χ4v) is 1.61. The van der Waals surface area contributed by atoms with Gasteiger partial charge in [0, 0.05) is 23.5 Å². The van der Waals surface area contributed by atoms with Crippen molar-refractivity contribution in [2.75, 3.05) is 5.32 Å². The average molecular weight is 259 g/mol. The van der Waals surface area contributed by atoms with E-state index in [4.69, 9.17) is 0 Å². The molecule has 1 N–H and O–H groups in total. The Bertz CT molecular complexity index is 589. The Hall–Kier alpha value is -2.49. The number of halogens is 2. The lowest BCUT2D eigenvalue weighted by Gasteiger charge is -2.04. The van der Waals surface area contributed by atoms with Crippen molar-refractivity contribution in [2.24, 2.45) is 0 Å². The molecule has 2 nitrogen and oxygen atoms in total. The molecule has 96 valence electrons. The van der Waals surface area contributed by atoms with E-state index < -0.39 is 11.6 Å². The van der Waals surface area contributed by atoms with Gasteiger partial charge in [-0.15, -0.1) is 0 Å². The molecular formula is C15H11F2NO. The van der Waals surface area contributed by atoms with Crippen molar-refractivity contribution >= 4 is 17.5 Å². The molecule has 4 heteroatoms. The molecule has 0 aliphatic heterocycles. The van der Waals surface area contributed by atoms with Crippen molar-refractivity contribution in [1.82, 2.24) is 0 Å². The number of allylic oxidation sites excluding steroid dienone is 1. The predicted octanol–water partition coefficient (Wildman–Crippen LogP) is 3.62. The molecule has 0 radical (unpaired) electrons. The van der Waals surface area contributed by atoms with E-state index in [2.05, 4.69) is 5.32 Å². The number of carbonyl (C=O) groups is 1. The number of hydrogen-bond acceptors (Lipinski definition) is 2. The fraction of sp³-hybridized carbons (Fsp3) is 0. The van der Waals surface area contributed by atoms with E-state index in [1.165, 1.54) is 6.20 Å². The van der Waals surface area contributed by atoms with Crippen LogP contribution in [0.25, 0.3) is 5.57 Å². The lowest BCUT2D eigenvalue weighted by Crippen LogP contribution is -1.94. The van der Waals surface area contributed by atoms with Gasteiger partial charge in [-0.2, -0.15) is 0 Å². The van der Waals surface area contributed by atoms with Gasteiger partial charge in [0.2, 0.25) is 0 Å². The minimum atomic E-state index is -0.678. The molecular weight excluding hydrogens is 248 g/mol. The minimum Gasteiger partial charge on any atom is -0.361 e. The summed E-state index contributed by atoms with van der Waals surface area (Å²) >= 11 is 0. The first-order valence-electron chi connectivity index (χ1n) is 5.62. The third-order valence-electron chi connectivity index (χ3n) is 2.49. The number of benzene rings is 2. The molecule has 2 rings (SSSR count). The van der Waals surface area contributed by atoms with Gasteiger partial charge in [0.05, 0.1) is 0 Å². The largest absolute Gasteiger partial charge is 0.361 e. The van der Waals surface area contributed by atoms with Crippen LogP contribution in [0, 0.1) is 11.6 Å². The zero-order chi connectivity index (χ0) is 13.7. The van der Waals surface area contributed by atoms with Gasteiger partial charge in [0.25, 0.3) is 0 Å². The van der Waals surface area contributed by atoms with Gasteiger partial charge in [0.1, 0.15) is 11.6 Å². The lowest BCUT2D eigenvalue weighted by molar-refractivity contribution is -0.103. The number of aldehydes is 1. The van der Waals surface area contributed by atoms with Crippen molar-refractivity contribution in [3.05, 3.63) is 71.9 Å². The van der Waals surface area contributed by atoms with Crippen LogP contribution in [0.1, 0.15) is 5.56 Å². The summed E-state index contributed by atoms with van der Waals surface area (Å²) in [6.45, 7) is 0. The number of hydrogen-bond donors (Lipinski definition) is 1. The Morgan fingerprint density at radius 1 is 1.00 bits per heavy atom. The average Bonchev–Trinajstić information content (AvgIpc) is 2.39. The zero-order valence-corrected chi connectivity index (χ0v) is 9.94. The normalized spacial score (nSPS) is 11.2. The molecule has 0 heterocycles. The lowest BCUT2D eigenvalue weighted by atomic mass is 10.1. The minimum absolute atomic E-state index is 0.243. The molecule has 0 aliphatic rings. The second-order valence-corrected chi connectivity index (χ2v) is 3.89. The third-order valence-corrected chi connectivity index (χ3v) is 2.49. The van der Waals surface area contributed by atoms with Gasteiger partial charge in [-0.1, -0.05) is 30.3 Å². The van der Waals surface area contributed by atoms with Crippen LogP contribution in [-0.2, 0) is 4.79 Å². The Morgan fingerprint density at radius 2 is 1.63 bits per heavy atom. The van der Waals surface area contributed by atoms with Gasteiger partial charge in [0.15, 0.2) is 6.29 Å². The number of rotatable bonds is 4. The molecule has 0 unspecified atom stereocenters. The van der Waals surface area contributed by atoms with E-state index in [1.54, 1.807) is 24.3 Å². The molecule has 0 aromatic heterocycles. The van der Waals surface area contributed by atoms with Crippen LogP contribution in [0.3, 0.4) is 0 Å². The maximum atomic E-state index is 13.0. The number of carbonyl (C=O) groups excluding carboxylic acids is 1. The predicted molar refractivity (Wildman–Crippen MR) is 70.5 cm³/mol. The maximum absolute atomic E-state index is 13.0. The van der Waals surface area contributed by atoms with Crippen molar-refractivity contribution in [2.45, 2.75) is 0 Å². The first-order chi connectivity index (χ1) is 9.19. The standard InChI is InChI=1S/C15H11F2NO/c16-13-6-14(17)8-15(7-13)18-9-12(10-19)11-4-2-1-3-5-11/h1-10,18H. The van der Waals surface area contributed by atoms with Gasteiger partial charge < -0.3 is 5.32 Å². The second kappa shape index (κ2) is 5.91. The summed E-state index contributed by atoms with van der Waals surface area (Å²) in [5.41, 5.74) is 1.36. The molecule has 19 heavy (non-hydrogen) atoms. The zero-order valence-electron chi connectivity index (χ0n) is 9.94. The van der Waals surface area contributed by atoms with E-state index >= 15 is 0 Å². The molecule has 0 spiro atoms. The fourth-order valence-electron chi connectivity index (χ4n) is 1.61. The monoisotopic (exact) mass is 259 g/mol. The molecule has 0 amide bonds. The number of nitrogens with one attached hydrogen (secondary N) is 1. The highest BCUT2D eigenvalue weighted by Gasteiger charge is 2.01. The molecule has 0 fully saturated rings.